The molecule has 0 aliphatic heterocycles. The van der Waals surface area contributed by atoms with Crippen LogP contribution in [0.5, 0.6) is 0 Å². The Hall–Kier alpha value is -1.65. The molecule has 0 spiro atoms. The number of anilines is 1. The first-order valence-electron chi connectivity index (χ1n) is 3.98. The van der Waals surface area contributed by atoms with Crippen molar-refractivity contribution in [2.75, 3.05) is 5.32 Å². The molecular formula is C8H12N4O. The lowest BCUT2D eigenvalue weighted by Gasteiger charge is -2.05. The molecule has 70 valence electrons. The molecule has 2 amide bonds. The zero-order valence-electron chi connectivity index (χ0n) is 7.61. The van der Waals surface area contributed by atoms with Crippen LogP contribution in [0, 0.1) is 0 Å². The Morgan fingerprint density at radius 1 is 1.54 bits per heavy atom. The lowest BCUT2D eigenvalue weighted by atomic mass is 10.1. The molecule has 3 N–H and O–H groups in total. The maximum absolute atomic E-state index is 10.5. The lowest BCUT2D eigenvalue weighted by molar-refractivity contribution is 0.259. The van der Waals surface area contributed by atoms with Gasteiger partial charge in [0, 0.05) is 11.8 Å². The van der Waals surface area contributed by atoms with Gasteiger partial charge in [-0.15, -0.1) is 0 Å². The van der Waals surface area contributed by atoms with Crippen LogP contribution in [0.15, 0.2) is 12.4 Å². The maximum atomic E-state index is 10.5. The summed E-state index contributed by atoms with van der Waals surface area (Å²) < 4.78 is 0. The van der Waals surface area contributed by atoms with Crippen LogP contribution in [0.2, 0.25) is 0 Å². The van der Waals surface area contributed by atoms with Crippen LogP contribution in [-0.2, 0) is 0 Å². The van der Waals surface area contributed by atoms with Gasteiger partial charge in [0.25, 0.3) is 0 Å². The van der Waals surface area contributed by atoms with Crippen molar-refractivity contribution >= 4 is 11.8 Å². The van der Waals surface area contributed by atoms with Crippen molar-refractivity contribution in [3.63, 3.8) is 0 Å². The number of nitrogens with zero attached hydrogens (tertiary/aromatic N) is 2. The number of primary amides is 1. The second-order valence-corrected chi connectivity index (χ2v) is 2.97. The minimum absolute atomic E-state index is 0.302. The van der Waals surface area contributed by atoms with Gasteiger partial charge in [0.15, 0.2) is 0 Å². The van der Waals surface area contributed by atoms with Gasteiger partial charge in [0.1, 0.15) is 12.1 Å². The third kappa shape index (κ3) is 2.70. The highest BCUT2D eigenvalue weighted by Gasteiger charge is 2.03. The molecule has 0 atom stereocenters. The Labute approximate surface area is 76.4 Å². The molecule has 1 heterocycles. The van der Waals surface area contributed by atoms with Gasteiger partial charge in [-0.05, 0) is 5.92 Å². The molecule has 0 saturated heterocycles. The standard InChI is InChI=1S/C8H12N4O/c1-5(2)6-3-7(11-4-10-6)12-8(9)13/h3-5H,1-2H3,(H3,9,10,11,12,13). The van der Waals surface area contributed by atoms with E-state index in [4.69, 9.17) is 5.73 Å². The van der Waals surface area contributed by atoms with Gasteiger partial charge in [-0.25, -0.2) is 14.8 Å². The minimum Gasteiger partial charge on any atom is -0.351 e. The molecule has 5 heteroatoms. The van der Waals surface area contributed by atoms with E-state index in [0.29, 0.717) is 11.7 Å². The van der Waals surface area contributed by atoms with Gasteiger partial charge in [-0.2, -0.15) is 0 Å². The fourth-order valence-electron chi connectivity index (χ4n) is 0.883. The number of carbonyl (C=O) groups excluding carboxylic acids is 1. The predicted molar refractivity (Wildman–Crippen MR) is 49.3 cm³/mol. The van der Waals surface area contributed by atoms with Crippen LogP contribution >= 0.6 is 0 Å². The summed E-state index contributed by atoms with van der Waals surface area (Å²) >= 11 is 0. The van der Waals surface area contributed by atoms with E-state index in [1.807, 2.05) is 13.8 Å². The van der Waals surface area contributed by atoms with E-state index in [-0.39, 0.29) is 0 Å². The van der Waals surface area contributed by atoms with Gasteiger partial charge in [-0.1, -0.05) is 13.8 Å². The number of amides is 2. The first-order valence-corrected chi connectivity index (χ1v) is 3.98. The number of nitrogens with one attached hydrogen (secondary N) is 1. The predicted octanol–water partition coefficient (Wildman–Crippen LogP) is 1.09. The van der Waals surface area contributed by atoms with Crippen molar-refractivity contribution in [3.05, 3.63) is 18.1 Å². The van der Waals surface area contributed by atoms with Crippen molar-refractivity contribution in [1.82, 2.24) is 9.97 Å². The van der Waals surface area contributed by atoms with Crippen molar-refractivity contribution in [3.8, 4) is 0 Å². The third-order valence-corrected chi connectivity index (χ3v) is 1.53. The quantitative estimate of drug-likeness (QED) is 0.714. The number of nitrogens with two attached hydrogens (primary N) is 1. The summed E-state index contributed by atoms with van der Waals surface area (Å²) in [5.74, 6) is 0.739. The van der Waals surface area contributed by atoms with E-state index in [1.54, 1.807) is 6.07 Å². The molecule has 1 aromatic rings. The average Bonchev–Trinajstić information content (AvgIpc) is 2.03. The summed E-state index contributed by atoms with van der Waals surface area (Å²) in [6.07, 6.45) is 1.40. The van der Waals surface area contributed by atoms with Crippen molar-refractivity contribution in [1.29, 1.82) is 0 Å². The first kappa shape index (κ1) is 9.44. The van der Waals surface area contributed by atoms with Crippen LogP contribution in [0.4, 0.5) is 10.6 Å². The molecule has 0 aliphatic rings. The van der Waals surface area contributed by atoms with Crippen molar-refractivity contribution in [2.24, 2.45) is 5.73 Å². The van der Waals surface area contributed by atoms with E-state index in [1.165, 1.54) is 6.33 Å². The Kier molecular flexibility index (Phi) is 2.79. The molecule has 0 unspecified atom stereocenters. The molecule has 13 heavy (non-hydrogen) atoms. The molecule has 5 nitrogen and oxygen atoms in total. The first-order chi connectivity index (χ1) is 6.09. The van der Waals surface area contributed by atoms with E-state index in [0.717, 1.165) is 5.69 Å². The number of aromatic nitrogens is 2. The molecule has 0 bridgehead atoms. The topological polar surface area (TPSA) is 80.9 Å². The summed E-state index contributed by atoms with van der Waals surface area (Å²) in [6, 6.07) is 1.09. The largest absolute Gasteiger partial charge is 0.351 e. The normalized spacial score (nSPS) is 10.1. The van der Waals surface area contributed by atoms with Crippen molar-refractivity contribution in [2.45, 2.75) is 19.8 Å². The highest BCUT2D eigenvalue weighted by molar-refractivity contribution is 5.86. The zero-order valence-corrected chi connectivity index (χ0v) is 7.61. The van der Waals surface area contributed by atoms with Crippen LogP contribution in [0.25, 0.3) is 0 Å². The molecule has 0 aliphatic carbocycles. The molecule has 1 aromatic heterocycles. The monoisotopic (exact) mass is 180 g/mol. The van der Waals surface area contributed by atoms with Gasteiger partial charge >= 0.3 is 6.03 Å². The SMILES string of the molecule is CC(C)c1cc(NC(N)=O)ncn1. The fraction of sp³-hybridized carbons (Fsp3) is 0.375. The Morgan fingerprint density at radius 3 is 2.77 bits per heavy atom. The van der Waals surface area contributed by atoms with E-state index in [9.17, 15) is 4.79 Å². The minimum atomic E-state index is -0.617. The molecule has 1 rings (SSSR count). The lowest BCUT2D eigenvalue weighted by Crippen LogP contribution is -2.20. The Morgan fingerprint density at radius 2 is 2.23 bits per heavy atom. The maximum Gasteiger partial charge on any atom is 0.317 e. The molecule has 0 aromatic carbocycles. The summed E-state index contributed by atoms with van der Waals surface area (Å²) in [7, 11) is 0. The summed E-state index contributed by atoms with van der Waals surface area (Å²) in [5, 5.41) is 2.39. The highest BCUT2D eigenvalue weighted by atomic mass is 16.2. The molecule has 0 saturated carbocycles. The van der Waals surface area contributed by atoms with E-state index >= 15 is 0 Å². The number of carbonyl (C=O) groups is 1. The second kappa shape index (κ2) is 3.84. The summed E-state index contributed by atoms with van der Waals surface area (Å²) in [4.78, 5) is 18.4. The Balaban J connectivity index is 2.85. The van der Waals surface area contributed by atoms with Crippen LogP contribution in [0.1, 0.15) is 25.5 Å². The van der Waals surface area contributed by atoms with Gasteiger partial charge in [0.2, 0.25) is 0 Å². The second-order valence-electron chi connectivity index (χ2n) is 2.97. The van der Waals surface area contributed by atoms with Gasteiger partial charge < -0.3 is 5.73 Å². The smallest absolute Gasteiger partial charge is 0.317 e. The highest BCUT2D eigenvalue weighted by Crippen LogP contribution is 2.13. The number of hydrogen-bond acceptors (Lipinski definition) is 3. The number of urea groups is 1. The Bertz CT molecular complexity index is 311. The zero-order chi connectivity index (χ0) is 9.84. The van der Waals surface area contributed by atoms with Crippen LogP contribution in [-0.4, -0.2) is 16.0 Å². The molecule has 0 radical (unpaired) electrons. The fourth-order valence-corrected chi connectivity index (χ4v) is 0.883. The third-order valence-electron chi connectivity index (χ3n) is 1.53. The van der Waals surface area contributed by atoms with Gasteiger partial charge in [-0.3, -0.25) is 5.32 Å². The average molecular weight is 180 g/mol. The van der Waals surface area contributed by atoms with E-state index < -0.39 is 6.03 Å². The number of rotatable bonds is 2. The van der Waals surface area contributed by atoms with Crippen LogP contribution < -0.4 is 11.1 Å². The van der Waals surface area contributed by atoms with E-state index in [2.05, 4.69) is 15.3 Å². The summed E-state index contributed by atoms with van der Waals surface area (Å²) in [5.41, 5.74) is 5.81. The van der Waals surface area contributed by atoms with Gasteiger partial charge in [0.05, 0.1) is 0 Å². The molecular weight excluding hydrogens is 168 g/mol. The van der Waals surface area contributed by atoms with Crippen molar-refractivity contribution < 1.29 is 4.79 Å². The number of hydrogen-bond donors (Lipinski definition) is 2. The molecule has 0 fully saturated rings. The summed E-state index contributed by atoms with van der Waals surface area (Å²) in [6.45, 7) is 4.02. The van der Waals surface area contributed by atoms with Crippen LogP contribution in [0.3, 0.4) is 0 Å².